The second kappa shape index (κ2) is 9.67. The Labute approximate surface area is 124 Å². The van der Waals surface area contributed by atoms with Crippen LogP contribution in [0.15, 0.2) is 0 Å². The molecule has 1 saturated heterocycles. The molecule has 0 saturated carbocycles. The minimum absolute atomic E-state index is 0.307. The maximum Gasteiger partial charge on any atom is 0.0901 e. The van der Waals surface area contributed by atoms with Gasteiger partial charge in [0.05, 0.1) is 11.0 Å². The standard InChI is InChI=1S/C15H31N3S/c1-3-5-6-7-8-9-17-10-12-18(13-11-17)14(4-2)15(16)19/h14H,3-13H2,1-2H3,(H2,16,19). The molecule has 0 spiro atoms. The number of thiocarbonyl (C=S) groups is 1. The van der Waals surface area contributed by atoms with Crippen LogP contribution in [0.5, 0.6) is 0 Å². The van der Waals surface area contributed by atoms with E-state index in [2.05, 4.69) is 23.6 Å². The van der Waals surface area contributed by atoms with Crippen molar-refractivity contribution in [3.8, 4) is 0 Å². The number of piperazine rings is 1. The van der Waals surface area contributed by atoms with Gasteiger partial charge in [0.2, 0.25) is 0 Å². The molecule has 0 aromatic carbocycles. The normalized spacial score (nSPS) is 19.5. The Bertz CT molecular complexity index is 250. The zero-order valence-electron chi connectivity index (χ0n) is 12.7. The van der Waals surface area contributed by atoms with Crippen molar-refractivity contribution in [2.75, 3.05) is 32.7 Å². The number of hydrogen-bond acceptors (Lipinski definition) is 3. The van der Waals surface area contributed by atoms with Gasteiger partial charge in [-0.25, -0.2) is 0 Å². The summed E-state index contributed by atoms with van der Waals surface area (Å²) in [6, 6.07) is 0.307. The van der Waals surface area contributed by atoms with E-state index < -0.39 is 0 Å². The third kappa shape index (κ3) is 6.19. The average molecular weight is 286 g/mol. The molecule has 19 heavy (non-hydrogen) atoms. The number of hydrogen-bond donors (Lipinski definition) is 1. The maximum absolute atomic E-state index is 5.82. The van der Waals surface area contributed by atoms with Gasteiger partial charge >= 0.3 is 0 Å². The molecule has 1 fully saturated rings. The molecule has 112 valence electrons. The molecule has 0 aromatic heterocycles. The minimum atomic E-state index is 0.307. The van der Waals surface area contributed by atoms with E-state index in [1.165, 1.54) is 51.7 Å². The minimum Gasteiger partial charge on any atom is -0.392 e. The predicted molar refractivity (Wildman–Crippen MR) is 87.6 cm³/mol. The van der Waals surface area contributed by atoms with Crippen molar-refractivity contribution in [3.63, 3.8) is 0 Å². The van der Waals surface area contributed by atoms with E-state index in [1.54, 1.807) is 0 Å². The molecule has 1 aliphatic heterocycles. The highest BCUT2D eigenvalue weighted by Gasteiger charge is 2.23. The number of rotatable bonds is 9. The molecule has 1 atom stereocenters. The van der Waals surface area contributed by atoms with Gasteiger partial charge in [-0.05, 0) is 19.4 Å². The molecule has 3 nitrogen and oxygen atoms in total. The molecule has 0 bridgehead atoms. The zero-order valence-corrected chi connectivity index (χ0v) is 13.6. The second-order valence-electron chi connectivity index (χ2n) is 5.62. The van der Waals surface area contributed by atoms with Crippen LogP contribution >= 0.6 is 12.2 Å². The fourth-order valence-electron chi connectivity index (χ4n) is 2.88. The first-order chi connectivity index (χ1) is 9.19. The van der Waals surface area contributed by atoms with Gasteiger partial charge in [0.25, 0.3) is 0 Å². The summed E-state index contributed by atoms with van der Waals surface area (Å²) >= 11 is 5.16. The fourth-order valence-corrected chi connectivity index (χ4v) is 3.19. The fraction of sp³-hybridized carbons (Fsp3) is 0.933. The number of unbranched alkanes of at least 4 members (excludes halogenated alkanes) is 4. The lowest BCUT2D eigenvalue weighted by molar-refractivity contribution is 0.115. The maximum atomic E-state index is 5.82. The summed E-state index contributed by atoms with van der Waals surface area (Å²) in [7, 11) is 0. The monoisotopic (exact) mass is 285 g/mol. The Morgan fingerprint density at radius 1 is 1.05 bits per heavy atom. The van der Waals surface area contributed by atoms with Crippen LogP contribution in [0.2, 0.25) is 0 Å². The molecule has 2 N–H and O–H groups in total. The topological polar surface area (TPSA) is 32.5 Å². The van der Waals surface area contributed by atoms with E-state index in [-0.39, 0.29) is 0 Å². The van der Waals surface area contributed by atoms with E-state index in [0.717, 1.165) is 19.5 Å². The van der Waals surface area contributed by atoms with Gasteiger partial charge in [0.1, 0.15) is 0 Å². The van der Waals surface area contributed by atoms with E-state index in [1.807, 2.05) is 0 Å². The molecular formula is C15H31N3S. The van der Waals surface area contributed by atoms with Gasteiger partial charge in [-0.3, -0.25) is 4.90 Å². The van der Waals surface area contributed by atoms with Crippen molar-refractivity contribution < 1.29 is 0 Å². The third-order valence-corrected chi connectivity index (χ3v) is 4.41. The Kier molecular flexibility index (Phi) is 8.58. The van der Waals surface area contributed by atoms with Crippen molar-refractivity contribution in [3.05, 3.63) is 0 Å². The van der Waals surface area contributed by atoms with Gasteiger partial charge in [0.15, 0.2) is 0 Å². The van der Waals surface area contributed by atoms with E-state index >= 15 is 0 Å². The van der Waals surface area contributed by atoms with Crippen LogP contribution in [0.4, 0.5) is 0 Å². The summed E-state index contributed by atoms with van der Waals surface area (Å²) in [5, 5.41) is 0. The summed E-state index contributed by atoms with van der Waals surface area (Å²) in [6.45, 7) is 10.3. The van der Waals surface area contributed by atoms with E-state index in [9.17, 15) is 0 Å². The molecule has 1 heterocycles. The molecule has 1 rings (SSSR count). The first-order valence-corrected chi connectivity index (χ1v) is 8.35. The lowest BCUT2D eigenvalue weighted by atomic mass is 10.1. The SMILES string of the molecule is CCCCCCCN1CCN(C(CC)C(N)=S)CC1. The molecule has 0 radical (unpaired) electrons. The molecular weight excluding hydrogens is 254 g/mol. The van der Waals surface area contributed by atoms with Crippen molar-refractivity contribution >= 4 is 17.2 Å². The van der Waals surface area contributed by atoms with Crippen LogP contribution < -0.4 is 5.73 Å². The number of nitrogens with zero attached hydrogens (tertiary/aromatic N) is 2. The highest BCUT2D eigenvalue weighted by molar-refractivity contribution is 7.80. The van der Waals surface area contributed by atoms with Crippen LogP contribution in [0, 0.1) is 0 Å². The van der Waals surface area contributed by atoms with E-state index in [4.69, 9.17) is 18.0 Å². The summed E-state index contributed by atoms with van der Waals surface area (Å²) in [5.41, 5.74) is 5.82. The lowest BCUT2D eigenvalue weighted by Crippen LogP contribution is -2.53. The van der Waals surface area contributed by atoms with Crippen LogP contribution in [0.3, 0.4) is 0 Å². The summed E-state index contributed by atoms with van der Waals surface area (Å²) in [5.74, 6) is 0. The highest BCUT2D eigenvalue weighted by atomic mass is 32.1. The first-order valence-electron chi connectivity index (χ1n) is 7.94. The largest absolute Gasteiger partial charge is 0.392 e. The summed E-state index contributed by atoms with van der Waals surface area (Å²) in [4.78, 5) is 5.71. The van der Waals surface area contributed by atoms with Crippen molar-refractivity contribution in [2.24, 2.45) is 5.73 Å². The van der Waals surface area contributed by atoms with Gasteiger partial charge < -0.3 is 10.6 Å². The van der Waals surface area contributed by atoms with Crippen molar-refractivity contribution in [1.29, 1.82) is 0 Å². The zero-order chi connectivity index (χ0) is 14.1. The van der Waals surface area contributed by atoms with Crippen molar-refractivity contribution in [2.45, 2.75) is 58.4 Å². The van der Waals surface area contributed by atoms with Gasteiger partial charge in [0, 0.05) is 26.2 Å². The smallest absolute Gasteiger partial charge is 0.0901 e. The van der Waals surface area contributed by atoms with Crippen LogP contribution in [-0.2, 0) is 0 Å². The Balaban J connectivity index is 2.16. The molecule has 4 heteroatoms. The molecule has 0 aliphatic carbocycles. The van der Waals surface area contributed by atoms with Gasteiger partial charge in [-0.2, -0.15) is 0 Å². The Hall–Kier alpha value is -0.190. The van der Waals surface area contributed by atoms with Gasteiger partial charge in [-0.1, -0.05) is 51.7 Å². The third-order valence-electron chi connectivity index (χ3n) is 4.14. The highest BCUT2D eigenvalue weighted by Crippen LogP contribution is 2.11. The van der Waals surface area contributed by atoms with Crippen LogP contribution in [-0.4, -0.2) is 53.6 Å². The van der Waals surface area contributed by atoms with E-state index in [0.29, 0.717) is 11.0 Å². The molecule has 1 unspecified atom stereocenters. The lowest BCUT2D eigenvalue weighted by Gasteiger charge is -2.38. The van der Waals surface area contributed by atoms with Gasteiger partial charge in [-0.15, -0.1) is 0 Å². The number of nitrogens with two attached hydrogens (primary N) is 1. The average Bonchev–Trinajstić information content (AvgIpc) is 2.40. The molecule has 0 aromatic rings. The van der Waals surface area contributed by atoms with Crippen LogP contribution in [0.1, 0.15) is 52.4 Å². The quantitative estimate of drug-likeness (QED) is 0.521. The Morgan fingerprint density at radius 2 is 1.68 bits per heavy atom. The predicted octanol–water partition coefficient (Wildman–Crippen LogP) is 2.64. The molecule has 1 aliphatic rings. The second-order valence-corrected chi connectivity index (χ2v) is 6.09. The summed E-state index contributed by atoms with van der Waals surface area (Å²) in [6.07, 6.45) is 7.89. The van der Waals surface area contributed by atoms with Crippen molar-refractivity contribution in [1.82, 2.24) is 9.80 Å². The Morgan fingerprint density at radius 3 is 2.21 bits per heavy atom. The first kappa shape index (κ1) is 16.9. The molecule has 0 amide bonds. The van der Waals surface area contributed by atoms with Crippen LogP contribution in [0.25, 0.3) is 0 Å². The summed E-state index contributed by atoms with van der Waals surface area (Å²) < 4.78 is 0.